The summed E-state index contributed by atoms with van der Waals surface area (Å²) in [6, 6.07) is 32.7. The molecule has 0 radical (unpaired) electrons. The minimum Gasteiger partial charge on any atom is -0.483 e. The van der Waals surface area contributed by atoms with E-state index in [1.165, 1.54) is 22.8 Å². The molecule has 6 unspecified atom stereocenters. The van der Waals surface area contributed by atoms with Gasteiger partial charge in [-0.3, -0.25) is 4.79 Å². The Balaban J connectivity index is 1.15. The van der Waals surface area contributed by atoms with Crippen molar-refractivity contribution in [3.8, 4) is 5.75 Å². The van der Waals surface area contributed by atoms with Crippen molar-refractivity contribution in [3.05, 3.63) is 170 Å². The van der Waals surface area contributed by atoms with Crippen LogP contribution in [0.15, 0.2) is 130 Å². The van der Waals surface area contributed by atoms with Gasteiger partial charge in [-0.25, -0.2) is 9.59 Å². The Labute approximate surface area is 363 Å². The van der Waals surface area contributed by atoms with Gasteiger partial charge in [-0.05, 0) is 111 Å². The molecular formula is C54H56O8. The summed E-state index contributed by atoms with van der Waals surface area (Å²) in [6.45, 7) is 5.42. The monoisotopic (exact) mass is 832 g/mol. The number of benzene rings is 4. The van der Waals surface area contributed by atoms with Gasteiger partial charge in [0, 0.05) is 41.2 Å². The number of aliphatic hydroxyl groups excluding tert-OH is 1. The predicted octanol–water partition coefficient (Wildman–Crippen LogP) is 10.9. The highest BCUT2D eigenvalue weighted by molar-refractivity contribution is 5.90. The van der Waals surface area contributed by atoms with Gasteiger partial charge in [0.25, 0.3) is 0 Å². The molecule has 1 fully saturated rings. The number of esters is 2. The first-order chi connectivity index (χ1) is 30.1. The van der Waals surface area contributed by atoms with E-state index in [0.29, 0.717) is 40.7 Å². The molecule has 0 amide bonds. The molecule has 2 aliphatic carbocycles. The van der Waals surface area contributed by atoms with Crippen molar-refractivity contribution in [3.63, 3.8) is 0 Å². The lowest BCUT2D eigenvalue weighted by Crippen LogP contribution is -2.58. The van der Waals surface area contributed by atoms with E-state index in [9.17, 15) is 19.5 Å². The van der Waals surface area contributed by atoms with Crippen molar-refractivity contribution in [1.82, 2.24) is 0 Å². The number of aliphatic hydroxyl groups is 1. The van der Waals surface area contributed by atoms with Gasteiger partial charge in [-0.2, -0.15) is 0 Å². The molecule has 1 saturated carbocycles. The quantitative estimate of drug-likeness (QED) is 0.0806. The van der Waals surface area contributed by atoms with Gasteiger partial charge in [-0.1, -0.05) is 116 Å². The Morgan fingerprint density at radius 3 is 2.32 bits per heavy atom. The molecule has 8 nitrogen and oxygen atoms in total. The third kappa shape index (κ3) is 8.29. The van der Waals surface area contributed by atoms with Gasteiger partial charge in [0.1, 0.15) is 16.9 Å². The summed E-state index contributed by atoms with van der Waals surface area (Å²) in [5, 5.41) is 10.9. The van der Waals surface area contributed by atoms with Crippen molar-refractivity contribution in [2.45, 2.75) is 121 Å². The molecule has 5 aliphatic rings. The highest BCUT2D eigenvalue weighted by Crippen LogP contribution is 2.52. The maximum absolute atomic E-state index is 14.9. The maximum atomic E-state index is 14.9. The Morgan fingerprint density at radius 1 is 0.790 bits per heavy atom. The largest absolute Gasteiger partial charge is 0.483 e. The number of ether oxygens (including phenoxy) is 3. The summed E-state index contributed by atoms with van der Waals surface area (Å²) in [5.74, 6) is -0.631. The van der Waals surface area contributed by atoms with E-state index in [1.807, 2.05) is 26.8 Å². The van der Waals surface area contributed by atoms with Gasteiger partial charge in [0.05, 0.1) is 12.2 Å². The molecule has 2 bridgehead atoms. The smallest absolute Gasteiger partial charge is 0.336 e. The van der Waals surface area contributed by atoms with Crippen LogP contribution >= 0.6 is 0 Å². The first-order valence-corrected chi connectivity index (χ1v) is 22.4. The molecule has 4 heterocycles. The topological polar surface area (TPSA) is 112 Å². The number of hydrogen-bond donors (Lipinski definition) is 1. The molecular weight excluding hydrogens is 777 g/mol. The molecule has 1 aromatic heterocycles. The summed E-state index contributed by atoms with van der Waals surface area (Å²) in [6.07, 6.45) is 9.88. The number of carbonyl (C=O) groups is 2. The fraction of sp³-hybridized carbons (Fsp3) is 0.389. The van der Waals surface area contributed by atoms with E-state index < -0.39 is 42.0 Å². The summed E-state index contributed by atoms with van der Waals surface area (Å²) in [7, 11) is 0. The van der Waals surface area contributed by atoms with Crippen LogP contribution in [0.5, 0.6) is 5.75 Å². The van der Waals surface area contributed by atoms with Crippen molar-refractivity contribution in [2.24, 2.45) is 11.8 Å². The molecule has 10 rings (SSSR count). The van der Waals surface area contributed by atoms with E-state index in [4.69, 9.17) is 18.6 Å². The summed E-state index contributed by atoms with van der Waals surface area (Å²) < 4.78 is 26.5. The van der Waals surface area contributed by atoms with E-state index in [0.717, 1.165) is 61.6 Å². The predicted molar refractivity (Wildman–Crippen MR) is 239 cm³/mol. The first-order valence-electron chi connectivity index (χ1n) is 22.4. The van der Waals surface area contributed by atoms with Crippen molar-refractivity contribution in [1.29, 1.82) is 0 Å². The molecule has 0 spiro atoms. The van der Waals surface area contributed by atoms with Crippen LogP contribution in [0.4, 0.5) is 0 Å². The molecule has 4 aromatic carbocycles. The van der Waals surface area contributed by atoms with Crippen LogP contribution in [0.3, 0.4) is 0 Å². The number of rotatable bonds is 5. The SMILES string of the molecule is CC(C)=C1CCc2ccc(cc2)C2C=CC(c3cccc(Cc4ccccc4)c3)CC2CC(=O)OC2c3c(ccc4c(CO)cc(=O)oc34)OC(C)(C3CCCCC3)C2OC1=O. The zero-order valence-corrected chi connectivity index (χ0v) is 35.9. The van der Waals surface area contributed by atoms with Crippen molar-refractivity contribution in [2.75, 3.05) is 0 Å². The summed E-state index contributed by atoms with van der Waals surface area (Å²) in [4.78, 5) is 42.7. The second kappa shape index (κ2) is 17.6. The van der Waals surface area contributed by atoms with Crippen LogP contribution < -0.4 is 10.4 Å². The molecule has 0 saturated heterocycles. The fourth-order valence-electron chi connectivity index (χ4n) is 10.7. The normalized spacial score (nSPS) is 25.5. The number of hydrogen-bond acceptors (Lipinski definition) is 8. The van der Waals surface area contributed by atoms with Gasteiger partial charge in [-0.15, -0.1) is 0 Å². The second-order valence-corrected chi connectivity index (χ2v) is 18.3. The molecule has 6 atom stereocenters. The number of aryl methyl sites for hydroxylation is 1. The highest BCUT2D eigenvalue weighted by atomic mass is 16.6. The van der Waals surface area contributed by atoms with E-state index in [1.54, 1.807) is 12.1 Å². The lowest BCUT2D eigenvalue weighted by Gasteiger charge is -2.50. The van der Waals surface area contributed by atoms with Gasteiger partial charge >= 0.3 is 17.6 Å². The van der Waals surface area contributed by atoms with Gasteiger partial charge < -0.3 is 23.7 Å². The van der Waals surface area contributed by atoms with Crippen LogP contribution in [0.1, 0.15) is 129 Å². The fourth-order valence-corrected chi connectivity index (χ4v) is 10.7. The Kier molecular flexibility index (Phi) is 11.8. The number of carbonyl (C=O) groups excluding carboxylic acids is 2. The Morgan fingerprint density at radius 2 is 1.56 bits per heavy atom. The second-order valence-electron chi connectivity index (χ2n) is 18.3. The third-order valence-corrected chi connectivity index (χ3v) is 14.1. The zero-order chi connectivity index (χ0) is 43.0. The first kappa shape index (κ1) is 41.6. The minimum absolute atomic E-state index is 0.0140. The molecule has 1 N–H and O–H groups in total. The maximum Gasteiger partial charge on any atom is 0.336 e. The van der Waals surface area contributed by atoms with Crippen LogP contribution in [-0.4, -0.2) is 28.8 Å². The third-order valence-electron chi connectivity index (χ3n) is 14.1. The highest BCUT2D eigenvalue weighted by Gasteiger charge is 2.56. The molecule has 320 valence electrons. The van der Waals surface area contributed by atoms with E-state index >= 15 is 0 Å². The zero-order valence-electron chi connectivity index (χ0n) is 35.9. The van der Waals surface area contributed by atoms with Crippen molar-refractivity contribution < 1.29 is 33.3 Å². The van der Waals surface area contributed by atoms with Crippen LogP contribution in [-0.2, 0) is 38.5 Å². The standard InChI is InChI=1S/C54H56O8/c1-33(2)43-23-19-34-17-20-37(21-18-34)44-24-22-39(38-14-10-13-36(28-38)27-35-11-6-4-7-12-35)29-40(44)30-47(56)60-51-49-46(26-25-45-41(32-55)31-48(57)59-50(45)49)62-54(3,52(51)61-53(43)58)42-15-8-5-9-16-42/h4,6-7,10-14,17-18,20-22,24-26,28,31,39-40,42,44,51-52,55H,5,8-9,15-16,19,23,27,29-30,32H2,1-3H3. The average molecular weight is 833 g/mol. The minimum atomic E-state index is -1.17. The number of allylic oxidation sites excluding steroid dienone is 3. The lowest BCUT2D eigenvalue weighted by molar-refractivity contribution is -0.201. The van der Waals surface area contributed by atoms with Gasteiger partial charge in [0.2, 0.25) is 0 Å². The van der Waals surface area contributed by atoms with Crippen LogP contribution in [0.25, 0.3) is 11.0 Å². The Hall–Kier alpha value is -5.73. The van der Waals surface area contributed by atoms with E-state index in [-0.39, 0.29) is 35.7 Å². The molecule has 3 aliphatic heterocycles. The average Bonchev–Trinajstić information content (AvgIpc) is 3.27. The summed E-state index contributed by atoms with van der Waals surface area (Å²) in [5.41, 5.74) is 6.43. The Bertz CT molecular complexity index is 2580. The van der Waals surface area contributed by atoms with Crippen LogP contribution in [0, 0.1) is 11.8 Å². The lowest BCUT2D eigenvalue weighted by atomic mass is 9.71. The molecule has 5 aromatic rings. The van der Waals surface area contributed by atoms with Crippen LogP contribution in [0.2, 0.25) is 0 Å². The van der Waals surface area contributed by atoms with Crippen molar-refractivity contribution >= 4 is 22.9 Å². The van der Waals surface area contributed by atoms with E-state index in [2.05, 4.69) is 84.9 Å². The van der Waals surface area contributed by atoms with Gasteiger partial charge in [0.15, 0.2) is 12.2 Å². The molecule has 8 heteroatoms. The molecule has 62 heavy (non-hydrogen) atoms. The number of fused-ring (bicyclic) bond motifs is 11. The summed E-state index contributed by atoms with van der Waals surface area (Å²) >= 11 is 0.